The lowest BCUT2D eigenvalue weighted by Crippen LogP contribution is -2.38. The summed E-state index contributed by atoms with van der Waals surface area (Å²) in [6.07, 6.45) is -0.953. The second-order valence-corrected chi connectivity index (χ2v) is 6.22. The van der Waals surface area contributed by atoms with Crippen LogP contribution in [0.25, 0.3) is 0 Å². The topological polar surface area (TPSA) is 98.5 Å². The molecule has 1 aromatic heterocycles. The van der Waals surface area contributed by atoms with E-state index in [4.69, 9.17) is 14.2 Å². The van der Waals surface area contributed by atoms with Crippen molar-refractivity contribution in [3.8, 4) is 17.6 Å². The Bertz CT molecular complexity index is 842. The number of carbonyl (C=O) groups excluding carboxylic acids is 2. The van der Waals surface area contributed by atoms with Crippen LogP contribution in [0.3, 0.4) is 0 Å². The Morgan fingerprint density at radius 2 is 2.20 bits per heavy atom. The fourth-order valence-corrected chi connectivity index (χ4v) is 3.08. The van der Waals surface area contributed by atoms with Crippen LogP contribution in [0.15, 0.2) is 29.6 Å². The van der Waals surface area contributed by atoms with Gasteiger partial charge >= 0.3 is 5.97 Å². The first-order valence-electron chi connectivity index (χ1n) is 7.48. The maximum absolute atomic E-state index is 12.2. The monoisotopic (exact) mass is 358 g/mol. The summed E-state index contributed by atoms with van der Waals surface area (Å²) < 4.78 is 15.9. The molecule has 2 aromatic rings. The molecule has 0 bridgehead atoms. The quantitative estimate of drug-likeness (QED) is 0.754. The zero-order chi connectivity index (χ0) is 17.8. The molecule has 1 aliphatic heterocycles. The highest BCUT2D eigenvalue weighted by Gasteiger charge is 2.30. The van der Waals surface area contributed by atoms with E-state index in [9.17, 15) is 14.9 Å². The molecule has 128 valence electrons. The molecule has 2 atom stereocenters. The maximum atomic E-state index is 12.2. The number of nitriles is 1. The van der Waals surface area contributed by atoms with Crippen LogP contribution in [0.2, 0.25) is 0 Å². The third kappa shape index (κ3) is 3.78. The van der Waals surface area contributed by atoms with Gasteiger partial charge in [0.05, 0.1) is 6.07 Å². The van der Waals surface area contributed by atoms with Gasteiger partial charge in [0, 0.05) is 11.1 Å². The van der Waals surface area contributed by atoms with Crippen LogP contribution in [0.1, 0.15) is 16.6 Å². The first-order chi connectivity index (χ1) is 12.1. The molecule has 2 heterocycles. The molecule has 3 rings (SSSR count). The van der Waals surface area contributed by atoms with Crippen molar-refractivity contribution in [2.75, 3.05) is 13.2 Å². The van der Waals surface area contributed by atoms with Gasteiger partial charge in [0.1, 0.15) is 11.6 Å². The van der Waals surface area contributed by atoms with Crippen LogP contribution in [-0.4, -0.2) is 36.1 Å². The molecular weight excluding hydrogens is 344 g/mol. The van der Waals surface area contributed by atoms with Gasteiger partial charge in [0.25, 0.3) is 0 Å². The Morgan fingerprint density at radius 3 is 2.88 bits per heavy atom. The molecule has 1 aromatic carbocycles. The number of hydrogen-bond donors (Lipinski definition) is 0. The van der Waals surface area contributed by atoms with Gasteiger partial charge < -0.3 is 14.2 Å². The number of fused-ring (bicyclic) bond motifs is 1. The first-order valence-corrected chi connectivity index (χ1v) is 8.36. The lowest BCUT2D eigenvalue weighted by Gasteiger charge is -2.24. The van der Waals surface area contributed by atoms with E-state index < -0.39 is 30.4 Å². The lowest BCUT2D eigenvalue weighted by molar-refractivity contribution is -0.157. The number of aryl methyl sites for hydroxylation is 1. The fourth-order valence-electron chi connectivity index (χ4n) is 2.22. The van der Waals surface area contributed by atoms with Crippen molar-refractivity contribution in [2.24, 2.45) is 0 Å². The highest BCUT2D eigenvalue weighted by molar-refractivity contribution is 7.09. The summed E-state index contributed by atoms with van der Waals surface area (Å²) in [5.41, 5.74) is 0.733. The van der Waals surface area contributed by atoms with Crippen molar-refractivity contribution in [1.29, 1.82) is 5.26 Å². The number of rotatable bonds is 5. The molecule has 0 N–H and O–H groups in total. The molecule has 0 saturated heterocycles. The number of para-hydroxylation sites is 2. The Kier molecular flexibility index (Phi) is 4.95. The van der Waals surface area contributed by atoms with Crippen LogP contribution in [0, 0.1) is 18.3 Å². The minimum Gasteiger partial charge on any atom is -0.485 e. The molecule has 0 amide bonds. The summed E-state index contributed by atoms with van der Waals surface area (Å²) in [6.45, 7) is 1.26. The van der Waals surface area contributed by atoms with Crippen LogP contribution in [0.4, 0.5) is 0 Å². The second-order valence-electron chi connectivity index (χ2n) is 5.33. The minimum atomic E-state index is -1.05. The summed E-state index contributed by atoms with van der Waals surface area (Å²) in [4.78, 5) is 28.4. The molecule has 1 aliphatic rings. The van der Waals surface area contributed by atoms with Crippen molar-refractivity contribution in [3.05, 3.63) is 40.3 Å². The zero-order valence-corrected chi connectivity index (χ0v) is 14.1. The van der Waals surface area contributed by atoms with Gasteiger partial charge in [-0.25, -0.2) is 9.78 Å². The normalized spacial score (nSPS) is 16.6. The Labute approximate surface area is 147 Å². The number of aromatic nitrogens is 1. The van der Waals surface area contributed by atoms with E-state index in [-0.39, 0.29) is 6.61 Å². The molecule has 0 saturated carbocycles. The van der Waals surface area contributed by atoms with Crippen LogP contribution in [-0.2, 0) is 14.3 Å². The highest BCUT2D eigenvalue weighted by Crippen LogP contribution is 2.31. The van der Waals surface area contributed by atoms with Crippen LogP contribution >= 0.6 is 11.3 Å². The van der Waals surface area contributed by atoms with E-state index >= 15 is 0 Å². The van der Waals surface area contributed by atoms with E-state index in [1.165, 1.54) is 11.3 Å². The van der Waals surface area contributed by atoms with Gasteiger partial charge in [-0.2, -0.15) is 5.26 Å². The fraction of sp³-hybridized carbons (Fsp3) is 0.294. The van der Waals surface area contributed by atoms with E-state index in [1.807, 2.05) is 6.07 Å². The molecule has 8 heteroatoms. The standard InChI is InChI=1S/C17H14N2O5S/c1-10-9-25-16(19-10)11(6-18)12(20)7-23-17(21)15-8-22-13-4-2-3-5-14(13)24-15/h2-5,9,11,15H,7-8H2,1H3. The number of hydrogen-bond acceptors (Lipinski definition) is 8. The van der Waals surface area contributed by atoms with Gasteiger partial charge in [-0.05, 0) is 19.1 Å². The van der Waals surface area contributed by atoms with Crippen molar-refractivity contribution in [1.82, 2.24) is 4.98 Å². The predicted molar refractivity (Wildman–Crippen MR) is 87.5 cm³/mol. The molecule has 25 heavy (non-hydrogen) atoms. The number of esters is 1. The van der Waals surface area contributed by atoms with Crippen molar-refractivity contribution in [2.45, 2.75) is 18.9 Å². The van der Waals surface area contributed by atoms with Gasteiger partial charge in [-0.15, -0.1) is 11.3 Å². The number of benzene rings is 1. The Hall–Kier alpha value is -2.92. The number of Topliss-reactive ketones (excluding diaryl/α,β-unsaturated/α-hetero) is 1. The number of ketones is 1. The van der Waals surface area contributed by atoms with Gasteiger partial charge in [-0.1, -0.05) is 12.1 Å². The van der Waals surface area contributed by atoms with Gasteiger partial charge in [0.2, 0.25) is 6.10 Å². The van der Waals surface area contributed by atoms with E-state index in [1.54, 1.807) is 36.6 Å². The summed E-state index contributed by atoms with van der Waals surface area (Å²) in [6, 6.07) is 8.86. The molecule has 7 nitrogen and oxygen atoms in total. The lowest BCUT2D eigenvalue weighted by atomic mass is 10.1. The summed E-state index contributed by atoms with van der Waals surface area (Å²) in [7, 11) is 0. The number of carbonyl (C=O) groups is 2. The molecule has 0 spiro atoms. The summed E-state index contributed by atoms with van der Waals surface area (Å²) >= 11 is 1.23. The second kappa shape index (κ2) is 7.32. The number of thiazole rings is 1. The van der Waals surface area contributed by atoms with E-state index in [2.05, 4.69) is 4.98 Å². The van der Waals surface area contributed by atoms with Gasteiger partial charge in [0.15, 0.2) is 29.8 Å². The average Bonchev–Trinajstić information content (AvgIpc) is 3.05. The molecule has 0 fully saturated rings. The third-order valence-corrected chi connectivity index (χ3v) is 4.49. The smallest absolute Gasteiger partial charge is 0.351 e. The number of ether oxygens (including phenoxy) is 3. The maximum Gasteiger partial charge on any atom is 0.351 e. The van der Waals surface area contributed by atoms with E-state index in [0.717, 1.165) is 5.69 Å². The molecule has 0 aliphatic carbocycles. The Morgan fingerprint density at radius 1 is 1.44 bits per heavy atom. The largest absolute Gasteiger partial charge is 0.485 e. The van der Waals surface area contributed by atoms with Crippen molar-refractivity contribution >= 4 is 23.1 Å². The molecular formula is C17H14N2O5S. The third-order valence-electron chi connectivity index (χ3n) is 3.46. The van der Waals surface area contributed by atoms with Crippen molar-refractivity contribution in [3.63, 3.8) is 0 Å². The molecule has 0 radical (unpaired) electrons. The number of nitrogens with zero attached hydrogens (tertiary/aromatic N) is 2. The SMILES string of the molecule is Cc1csc(C(C#N)C(=O)COC(=O)C2COc3ccccc3O2)n1. The highest BCUT2D eigenvalue weighted by atomic mass is 32.1. The van der Waals surface area contributed by atoms with Gasteiger partial charge in [-0.3, -0.25) is 4.79 Å². The Balaban J connectivity index is 1.57. The van der Waals surface area contributed by atoms with Crippen LogP contribution in [0.5, 0.6) is 11.5 Å². The molecule has 2 unspecified atom stereocenters. The average molecular weight is 358 g/mol. The first kappa shape index (κ1) is 16.9. The summed E-state index contributed by atoms with van der Waals surface area (Å²) in [5, 5.41) is 11.3. The van der Waals surface area contributed by atoms with E-state index in [0.29, 0.717) is 16.5 Å². The summed E-state index contributed by atoms with van der Waals surface area (Å²) in [5.74, 6) is -1.30. The zero-order valence-electron chi connectivity index (χ0n) is 13.3. The predicted octanol–water partition coefficient (Wildman–Crippen LogP) is 2.01. The van der Waals surface area contributed by atoms with Crippen molar-refractivity contribution < 1.29 is 23.8 Å². The minimum absolute atomic E-state index is 0.00259. The van der Waals surface area contributed by atoms with Crippen LogP contribution < -0.4 is 9.47 Å².